The summed E-state index contributed by atoms with van der Waals surface area (Å²) in [4.78, 5) is 27.2. The Morgan fingerprint density at radius 1 is 1.10 bits per heavy atom. The fourth-order valence-electron chi connectivity index (χ4n) is 3.79. The van der Waals surface area contributed by atoms with Crippen molar-refractivity contribution in [2.75, 3.05) is 25.0 Å². The third-order valence-corrected chi connectivity index (χ3v) is 5.69. The van der Waals surface area contributed by atoms with Gasteiger partial charge < -0.3 is 10.6 Å². The van der Waals surface area contributed by atoms with Crippen LogP contribution in [0.2, 0.25) is 0 Å². The van der Waals surface area contributed by atoms with Crippen LogP contribution in [-0.4, -0.2) is 36.3 Å². The molecule has 1 aliphatic rings. The van der Waals surface area contributed by atoms with Crippen LogP contribution >= 0.6 is 0 Å². The van der Waals surface area contributed by atoms with E-state index in [9.17, 15) is 9.59 Å². The number of likely N-dealkylation sites (tertiary alicyclic amines) is 1. The van der Waals surface area contributed by atoms with E-state index in [-0.39, 0.29) is 23.8 Å². The topological polar surface area (TPSA) is 61.4 Å². The molecule has 0 bridgehead atoms. The number of nitrogens with one attached hydrogen (secondary N) is 2. The van der Waals surface area contributed by atoms with Crippen molar-refractivity contribution < 1.29 is 9.59 Å². The van der Waals surface area contributed by atoms with Gasteiger partial charge in [0.1, 0.15) is 0 Å². The van der Waals surface area contributed by atoms with Crippen molar-refractivity contribution in [1.29, 1.82) is 0 Å². The van der Waals surface area contributed by atoms with E-state index in [1.807, 2.05) is 37.3 Å². The first-order valence-electron chi connectivity index (χ1n) is 10.4. The Morgan fingerprint density at radius 2 is 1.86 bits per heavy atom. The Labute approximate surface area is 173 Å². The summed E-state index contributed by atoms with van der Waals surface area (Å²) in [5.41, 5.74) is 4.40. The van der Waals surface area contributed by atoms with Crippen molar-refractivity contribution >= 4 is 17.5 Å². The van der Waals surface area contributed by atoms with Gasteiger partial charge in [-0.1, -0.05) is 36.4 Å². The van der Waals surface area contributed by atoms with E-state index in [2.05, 4.69) is 47.6 Å². The molecule has 1 heterocycles. The van der Waals surface area contributed by atoms with E-state index in [0.717, 1.165) is 30.6 Å². The summed E-state index contributed by atoms with van der Waals surface area (Å²) < 4.78 is 0. The van der Waals surface area contributed by atoms with Crippen LogP contribution in [0.5, 0.6) is 0 Å². The molecule has 3 rings (SSSR count). The fourth-order valence-corrected chi connectivity index (χ4v) is 3.79. The monoisotopic (exact) mass is 393 g/mol. The summed E-state index contributed by atoms with van der Waals surface area (Å²) in [7, 11) is 0. The third kappa shape index (κ3) is 5.91. The lowest BCUT2D eigenvalue weighted by atomic mass is 9.97. The van der Waals surface area contributed by atoms with Crippen LogP contribution in [0.4, 0.5) is 5.69 Å². The van der Waals surface area contributed by atoms with Crippen LogP contribution in [-0.2, 0) is 9.59 Å². The van der Waals surface area contributed by atoms with E-state index in [4.69, 9.17) is 0 Å². The molecule has 0 aromatic heterocycles. The van der Waals surface area contributed by atoms with Gasteiger partial charge in [0.15, 0.2) is 0 Å². The van der Waals surface area contributed by atoms with Crippen LogP contribution in [0.1, 0.15) is 42.5 Å². The second-order valence-electron chi connectivity index (χ2n) is 8.06. The molecule has 5 nitrogen and oxygen atoms in total. The van der Waals surface area contributed by atoms with Crippen molar-refractivity contribution in [2.45, 2.75) is 39.7 Å². The van der Waals surface area contributed by atoms with Crippen molar-refractivity contribution in [3.8, 4) is 0 Å². The van der Waals surface area contributed by atoms with Crippen molar-refractivity contribution in [3.05, 3.63) is 65.2 Å². The molecule has 2 N–H and O–H groups in total. The number of hydrogen-bond acceptors (Lipinski definition) is 3. The highest BCUT2D eigenvalue weighted by atomic mass is 16.2. The molecular weight excluding hydrogens is 362 g/mol. The number of nitrogens with zero attached hydrogens (tertiary/aromatic N) is 1. The van der Waals surface area contributed by atoms with Crippen molar-refractivity contribution in [3.63, 3.8) is 0 Å². The first-order valence-corrected chi connectivity index (χ1v) is 10.4. The second kappa shape index (κ2) is 9.70. The second-order valence-corrected chi connectivity index (χ2v) is 8.06. The van der Waals surface area contributed by atoms with Gasteiger partial charge in [-0.05, 0) is 69.0 Å². The Balaban J connectivity index is 1.50. The molecule has 2 aromatic carbocycles. The van der Waals surface area contributed by atoms with Crippen molar-refractivity contribution in [2.24, 2.45) is 5.92 Å². The Morgan fingerprint density at radius 3 is 2.59 bits per heavy atom. The molecule has 1 fully saturated rings. The fraction of sp³-hybridized carbons (Fsp3) is 0.417. The minimum atomic E-state index is -0.0890. The van der Waals surface area contributed by atoms with E-state index < -0.39 is 0 Å². The van der Waals surface area contributed by atoms with Gasteiger partial charge in [-0.15, -0.1) is 0 Å². The molecule has 1 aliphatic heterocycles. The summed E-state index contributed by atoms with van der Waals surface area (Å²) in [6.07, 6.45) is 1.78. The van der Waals surface area contributed by atoms with Crippen LogP contribution in [0.15, 0.2) is 48.5 Å². The summed E-state index contributed by atoms with van der Waals surface area (Å²) >= 11 is 0. The maximum Gasteiger partial charge on any atom is 0.234 e. The summed E-state index contributed by atoms with van der Waals surface area (Å²) in [6, 6.07) is 15.8. The molecule has 0 spiro atoms. The predicted molar refractivity (Wildman–Crippen MR) is 117 cm³/mol. The summed E-state index contributed by atoms with van der Waals surface area (Å²) in [5, 5.41) is 6.08. The molecule has 0 aliphatic carbocycles. The van der Waals surface area contributed by atoms with Crippen LogP contribution in [0, 0.1) is 19.8 Å². The number of amides is 2. The van der Waals surface area contributed by atoms with Gasteiger partial charge in [-0.25, -0.2) is 0 Å². The first kappa shape index (κ1) is 21.1. The van der Waals surface area contributed by atoms with Gasteiger partial charge in [-0.2, -0.15) is 0 Å². The smallest absolute Gasteiger partial charge is 0.234 e. The quantitative estimate of drug-likeness (QED) is 0.784. The Bertz CT molecular complexity index is 850. The van der Waals surface area contributed by atoms with Gasteiger partial charge in [0.05, 0.1) is 18.5 Å². The molecule has 5 heteroatoms. The van der Waals surface area contributed by atoms with E-state index in [1.165, 1.54) is 11.1 Å². The first-order chi connectivity index (χ1) is 13.9. The number of anilines is 1. The molecule has 0 saturated carbocycles. The van der Waals surface area contributed by atoms with Gasteiger partial charge in [0, 0.05) is 12.2 Å². The number of piperidine rings is 1. The summed E-state index contributed by atoms with van der Waals surface area (Å²) in [5.74, 6) is -0.0569. The molecule has 0 unspecified atom stereocenters. The lowest BCUT2D eigenvalue weighted by molar-refractivity contribution is -0.126. The maximum absolute atomic E-state index is 12.6. The number of rotatable bonds is 6. The highest BCUT2D eigenvalue weighted by molar-refractivity contribution is 5.92. The molecule has 154 valence electrons. The molecule has 0 radical (unpaired) electrons. The zero-order chi connectivity index (χ0) is 20.8. The molecule has 1 saturated heterocycles. The van der Waals surface area contributed by atoms with E-state index >= 15 is 0 Å². The zero-order valence-corrected chi connectivity index (χ0v) is 17.6. The van der Waals surface area contributed by atoms with Crippen LogP contribution in [0.3, 0.4) is 0 Å². The minimum Gasteiger partial charge on any atom is -0.348 e. The minimum absolute atomic E-state index is 0.000143. The van der Waals surface area contributed by atoms with Gasteiger partial charge in [-0.3, -0.25) is 14.5 Å². The average Bonchev–Trinajstić information content (AvgIpc) is 2.71. The normalized spacial score (nSPS) is 18.1. The van der Waals surface area contributed by atoms with Gasteiger partial charge in [0.25, 0.3) is 0 Å². The van der Waals surface area contributed by atoms with Crippen LogP contribution in [0.25, 0.3) is 0 Å². The number of benzene rings is 2. The van der Waals surface area contributed by atoms with E-state index in [1.54, 1.807) is 0 Å². The number of carbonyl (C=O) groups excluding carboxylic acids is 2. The number of hydrogen-bond donors (Lipinski definition) is 2. The van der Waals surface area contributed by atoms with Gasteiger partial charge >= 0.3 is 0 Å². The lowest BCUT2D eigenvalue weighted by Crippen LogP contribution is -2.45. The molecule has 2 atom stereocenters. The highest BCUT2D eigenvalue weighted by Gasteiger charge is 2.27. The standard InChI is InChI=1S/C24H31N3O2/c1-17-11-12-20(14-18(17)2)19(3)25-23(28)16-27-13-7-8-21(15-27)24(29)26-22-9-5-4-6-10-22/h4-6,9-12,14,19,21H,7-8,13,15-16H2,1-3H3,(H,25,28)(H,26,29)/t19-,21+/m1/s1. The Kier molecular flexibility index (Phi) is 7.04. The summed E-state index contributed by atoms with van der Waals surface area (Å²) in [6.45, 7) is 7.97. The molecule has 2 aromatic rings. The zero-order valence-electron chi connectivity index (χ0n) is 17.6. The number of aryl methyl sites for hydroxylation is 2. The number of carbonyl (C=O) groups is 2. The largest absolute Gasteiger partial charge is 0.348 e. The highest BCUT2D eigenvalue weighted by Crippen LogP contribution is 2.20. The predicted octanol–water partition coefficient (Wildman–Crippen LogP) is 3.83. The van der Waals surface area contributed by atoms with Crippen molar-refractivity contribution in [1.82, 2.24) is 10.2 Å². The lowest BCUT2D eigenvalue weighted by Gasteiger charge is -2.31. The van der Waals surface area contributed by atoms with E-state index in [0.29, 0.717) is 13.1 Å². The molecule has 29 heavy (non-hydrogen) atoms. The maximum atomic E-state index is 12.6. The molecular formula is C24H31N3O2. The third-order valence-electron chi connectivity index (χ3n) is 5.69. The number of para-hydroxylation sites is 1. The SMILES string of the molecule is Cc1ccc([C@@H](C)NC(=O)CN2CCC[C@H](C(=O)Nc3ccccc3)C2)cc1C. The van der Waals surface area contributed by atoms with Gasteiger partial charge in [0.2, 0.25) is 11.8 Å². The Hall–Kier alpha value is -2.66. The average molecular weight is 394 g/mol. The molecule has 2 amide bonds. The van der Waals surface area contributed by atoms with Crippen LogP contribution < -0.4 is 10.6 Å².